The number of rotatable bonds is 18. The van der Waals surface area contributed by atoms with Crippen LogP contribution in [-0.2, 0) is 28.6 Å². The molecule has 6 nitrogen and oxygen atoms in total. The van der Waals surface area contributed by atoms with Crippen LogP contribution in [-0.4, -0.2) is 45.8 Å². The molecule has 47 heavy (non-hydrogen) atoms. The fraction of sp³-hybridized carbons (Fsp3) is 0.725. The summed E-state index contributed by atoms with van der Waals surface area (Å²) in [6.07, 6.45) is 20.5. The summed E-state index contributed by atoms with van der Waals surface area (Å²) in [5, 5.41) is 1.54. The number of carbonyl (C=O) groups is 3. The molecule has 0 amide bonds. The lowest BCUT2D eigenvalue weighted by atomic mass is 9.68. The molecule has 0 N–H and O–H groups in total. The summed E-state index contributed by atoms with van der Waals surface area (Å²) in [7, 11) is -1.53. The van der Waals surface area contributed by atoms with E-state index in [4.69, 9.17) is 9.47 Å². The lowest BCUT2D eigenvalue weighted by molar-refractivity contribution is -0.166. The molecule has 0 atom stereocenters. The highest BCUT2D eigenvalue weighted by molar-refractivity contribution is 6.89. The zero-order valence-electron chi connectivity index (χ0n) is 29.7. The van der Waals surface area contributed by atoms with Crippen molar-refractivity contribution < 1.29 is 28.6 Å². The van der Waals surface area contributed by atoms with Crippen LogP contribution in [0, 0.1) is 23.7 Å². The number of hydrogen-bond donors (Lipinski definition) is 0. The van der Waals surface area contributed by atoms with E-state index in [9.17, 15) is 14.4 Å². The molecule has 3 fully saturated rings. The van der Waals surface area contributed by atoms with Gasteiger partial charge in [0.15, 0.2) is 0 Å². The van der Waals surface area contributed by atoms with Crippen molar-refractivity contribution in [2.75, 3.05) is 19.8 Å². The van der Waals surface area contributed by atoms with Crippen molar-refractivity contribution >= 4 is 31.2 Å². The van der Waals surface area contributed by atoms with Crippen molar-refractivity contribution in [1.29, 1.82) is 0 Å². The van der Waals surface area contributed by atoms with E-state index in [1.165, 1.54) is 83.1 Å². The van der Waals surface area contributed by atoms with Gasteiger partial charge in [-0.15, -0.1) is 0 Å². The largest absolute Gasteiger partial charge is 0.462 e. The first kappa shape index (κ1) is 37.6. The quantitative estimate of drug-likeness (QED) is 0.0512. The van der Waals surface area contributed by atoms with Gasteiger partial charge in [-0.3, -0.25) is 9.59 Å². The molecule has 4 rings (SSSR count). The summed E-state index contributed by atoms with van der Waals surface area (Å²) in [4.78, 5) is 35.0. The monoisotopic (exact) mass is 666 g/mol. The van der Waals surface area contributed by atoms with Crippen LogP contribution < -0.4 is 5.19 Å². The molecule has 1 aliphatic heterocycles. The summed E-state index contributed by atoms with van der Waals surface area (Å²) in [6.45, 7) is 11.6. The Labute approximate surface area is 285 Å². The third-order valence-electron chi connectivity index (χ3n) is 11.4. The van der Waals surface area contributed by atoms with Gasteiger partial charge in [-0.05, 0) is 74.2 Å². The zero-order valence-corrected chi connectivity index (χ0v) is 30.7. The molecule has 2 aliphatic carbocycles. The second kappa shape index (κ2) is 19.1. The van der Waals surface area contributed by atoms with Crippen LogP contribution in [0.2, 0.25) is 19.1 Å². The highest BCUT2D eigenvalue weighted by Gasteiger charge is 2.32. The van der Waals surface area contributed by atoms with Crippen LogP contribution >= 0.6 is 0 Å². The molecule has 3 aliphatic rings. The standard InChI is InChI=1S/C40H62O6Si/c1-5-6-8-11-31-12-14-33(15-13-31)34-16-18-35(19-17-34)36-20-22-37(23-21-36)47(3,4)25-10-7-9-24-45-40(43)30(2)28-44-29-32-26-38(41)46-39(42)27-32/h20-23,31-35H,2,5-19,24-29H2,1,3-4H3. The number of unbranched alkanes of at least 4 members (excludes halogenated alkanes) is 4. The fourth-order valence-corrected chi connectivity index (χ4v) is 10.8. The minimum Gasteiger partial charge on any atom is -0.462 e. The molecule has 0 radical (unpaired) electrons. The summed E-state index contributed by atoms with van der Waals surface area (Å²) in [5.41, 5.74) is 1.80. The van der Waals surface area contributed by atoms with Gasteiger partial charge in [0.2, 0.25) is 0 Å². The van der Waals surface area contributed by atoms with Crippen molar-refractivity contribution in [2.24, 2.45) is 23.7 Å². The van der Waals surface area contributed by atoms with Gasteiger partial charge in [-0.1, -0.05) is 113 Å². The molecule has 262 valence electrons. The maximum Gasteiger partial charge on any atom is 0.335 e. The van der Waals surface area contributed by atoms with Crippen LogP contribution in [0.3, 0.4) is 0 Å². The molecule has 1 aromatic carbocycles. The summed E-state index contributed by atoms with van der Waals surface area (Å²) in [5.74, 6) is 2.00. The first-order valence-electron chi connectivity index (χ1n) is 18.9. The van der Waals surface area contributed by atoms with Crippen molar-refractivity contribution in [3.63, 3.8) is 0 Å². The van der Waals surface area contributed by atoms with E-state index in [-0.39, 0.29) is 37.5 Å². The minimum atomic E-state index is -1.53. The first-order valence-corrected chi connectivity index (χ1v) is 22.1. The molecule has 1 saturated heterocycles. The van der Waals surface area contributed by atoms with Gasteiger partial charge < -0.3 is 14.2 Å². The highest BCUT2D eigenvalue weighted by atomic mass is 28.3. The molecule has 0 aromatic heterocycles. The number of hydrogen-bond acceptors (Lipinski definition) is 6. The number of benzene rings is 1. The van der Waals surface area contributed by atoms with Crippen molar-refractivity contribution in [3.8, 4) is 0 Å². The van der Waals surface area contributed by atoms with E-state index in [0.29, 0.717) is 6.61 Å². The average Bonchev–Trinajstić information content (AvgIpc) is 3.06. The van der Waals surface area contributed by atoms with E-state index in [0.717, 1.165) is 42.9 Å². The van der Waals surface area contributed by atoms with Gasteiger partial charge in [0.25, 0.3) is 0 Å². The second-order valence-electron chi connectivity index (χ2n) is 15.6. The third-order valence-corrected chi connectivity index (χ3v) is 14.9. The Balaban J connectivity index is 1.06. The Bertz CT molecular complexity index is 1130. The normalized spacial score (nSPS) is 24.1. The van der Waals surface area contributed by atoms with Crippen molar-refractivity contribution in [3.05, 3.63) is 42.0 Å². The van der Waals surface area contributed by atoms with Crippen molar-refractivity contribution in [1.82, 2.24) is 0 Å². The predicted molar refractivity (Wildman–Crippen MR) is 191 cm³/mol. The SMILES string of the molecule is C=C(COCC1CC(=O)OC(=O)C1)C(=O)OCCCCC[Si](C)(C)c1ccc(C2CCC(C3CCC(CCCCC)CC3)CC2)cc1. The average molecular weight is 667 g/mol. The van der Waals surface area contributed by atoms with Gasteiger partial charge in [0, 0.05) is 5.92 Å². The third kappa shape index (κ3) is 12.3. The summed E-state index contributed by atoms with van der Waals surface area (Å²) in [6, 6.07) is 11.0. The maximum absolute atomic E-state index is 12.3. The van der Waals surface area contributed by atoms with Crippen LogP contribution in [0.25, 0.3) is 0 Å². The Kier molecular flexibility index (Phi) is 15.2. The Morgan fingerprint density at radius 1 is 0.830 bits per heavy atom. The van der Waals surface area contributed by atoms with E-state index in [1.54, 1.807) is 10.8 Å². The maximum atomic E-state index is 12.3. The number of carbonyl (C=O) groups excluding carboxylic acids is 3. The van der Waals surface area contributed by atoms with E-state index in [1.807, 2.05) is 0 Å². The lowest BCUT2D eigenvalue weighted by Crippen LogP contribution is -2.41. The first-order chi connectivity index (χ1) is 22.6. The predicted octanol–water partition coefficient (Wildman–Crippen LogP) is 9.03. The van der Waals surface area contributed by atoms with Gasteiger partial charge >= 0.3 is 17.9 Å². The fourth-order valence-electron chi connectivity index (χ4n) is 8.30. The van der Waals surface area contributed by atoms with Crippen LogP contribution in [0.15, 0.2) is 36.4 Å². The Morgan fingerprint density at radius 3 is 2.11 bits per heavy atom. The highest BCUT2D eigenvalue weighted by Crippen LogP contribution is 2.44. The van der Waals surface area contributed by atoms with E-state index in [2.05, 4.69) is 55.6 Å². The molecule has 1 heterocycles. The smallest absolute Gasteiger partial charge is 0.335 e. The summed E-state index contributed by atoms with van der Waals surface area (Å²) < 4.78 is 15.4. The lowest BCUT2D eigenvalue weighted by Gasteiger charge is -2.38. The number of esters is 3. The molecule has 2 saturated carbocycles. The molecule has 1 aromatic rings. The second-order valence-corrected chi connectivity index (χ2v) is 20.4. The molecule has 0 bridgehead atoms. The van der Waals surface area contributed by atoms with Gasteiger partial charge in [-0.25, -0.2) is 4.79 Å². The molecular formula is C40H62O6Si. The van der Waals surface area contributed by atoms with Crippen LogP contribution in [0.5, 0.6) is 0 Å². The van der Waals surface area contributed by atoms with E-state index < -0.39 is 26.0 Å². The molecule has 7 heteroatoms. The van der Waals surface area contributed by atoms with Crippen molar-refractivity contribution in [2.45, 2.75) is 141 Å². The Hall–Kier alpha value is -2.25. The zero-order chi connectivity index (χ0) is 33.6. The van der Waals surface area contributed by atoms with Crippen LogP contribution in [0.4, 0.5) is 0 Å². The summed E-state index contributed by atoms with van der Waals surface area (Å²) >= 11 is 0. The molecule has 0 unspecified atom stereocenters. The van der Waals surface area contributed by atoms with Gasteiger partial charge in [0.1, 0.15) is 0 Å². The number of ether oxygens (including phenoxy) is 3. The topological polar surface area (TPSA) is 78.9 Å². The van der Waals surface area contributed by atoms with Gasteiger partial charge in [0.05, 0.1) is 46.3 Å². The molecule has 0 spiro atoms. The van der Waals surface area contributed by atoms with Gasteiger partial charge in [-0.2, -0.15) is 0 Å². The number of cyclic esters (lactones) is 2. The molecular weight excluding hydrogens is 605 g/mol. The van der Waals surface area contributed by atoms with Crippen LogP contribution in [0.1, 0.15) is 128 Å². The minimum absolute atomic E-state index is 0.0263. The van der Waals surface area contributed by atoms with E-state index >= 15 is 0 Å². The Morgan fingerprint density at radius 2 is 1.47 bits per heavy atom.